The molecular weight excluding hydrogens is 324 g/mol. The molecule has 1 aromatic carbocycles. The quantitative estimate of drug-likeness (QED) is 0.619. The number of hydrogen-bond acceptors (Lipinski definition) is 7. The van der Waals surface area contributed by atoms with E-state index in [0.29, 0.717) is 15.9 Å². The van der Waals surface area contributed by atoms with Gasteiger partial charge in [-0.15, -0.1) is 5.10 Å². The number of aromatic nitrogens is 5. The molecule has 0 atom stereocenters. The Kier molecular flexibility index (Phi) is 3.51. The molecule has 0 spiro atoms. The molecule has 118 valence electrons. The van der Waals surface area contributed by atoms with Crippen molar-refractivity contribution >= 4 is 27.1 Å². The summed E-state index contributed by atoms with van der Waals surface area (Å²) in [5.74, 6) is 0.692. The average molecular weight is 336 g/mol. The van der Waals surface area contributed by atoms with Gasteiger partial charge in [-0.05, 0) is 37.3 Å². The van der Waals surface area contributed by atoms with Crippen LogP contribution in [0.25, 0.3) is 16.3 Å². The molecule has 0 aliphatic heterocycles. The molecule has 1 N–H and O–H groups in total. The zero-order valence-corrected chi connectivity index (χ0v) is 13.5. The number of rotatable bonds is 3. The Bertz CT molecular complexity index is 1070. The fourth-order valence-electron chi connectivity index (χ4n) is 2.21. The normalized spacial score (nSPS) is 10.9. The topological polar surface area (TPSA) is 85.1 Å². The summed E-state index contributed by atoms with van der Waals surface area (Å²) in [6.07, 6.45) is 3.23. The third kappa shape index (κ3) is 2.74. The highest BCUT2D eigenvalue weighted by Gasteiger charge is 2.07. The first-order chi connectivity index (χ1) is 11.7. The van der Waals surface area contributed by atoms with Crippen molar-refractivity contribution in [2.75, 3.05) is 5.32 Å². The van der Waals surface area contributed by atoms with E-state index in [2.05, 4.69) is 25.4 Å². The molecule has 24 heavy (non-hydrogen) atoms. The zero-order valence-electron chi connectivity index (χ0n) is 12.7. The minimum atomic E-state index is -0.198. The maximum atomic E-state index is 11.7. The van der Waals surface area contributed by atoms with Gasteiger partial charge in [0.1, 0.15) is 0 Å². The second-order valence-electron chi connectivity index (χ2n) is 5.11. The first-order valence-electron chi connectivity index (χ1n) is 7.21. The number of anilines is 2. The van der Waals surface area contributed by atoms with E-state index in [1.54, 1.807) is 6.20 Å². The van der Waals surface area contributed by atoms with Gasteiger partial charge in [-0.25, -0.2) is 15.0 Å². The van der Waals surface area contributed by atoms with Crippen LogP contribution in [0, 0.1) is 6.92 Å². The molecule has 0 saturated heterocycles. The van der Waals surface area contributed by atoms with Crippen LogP contribution in [0.15, 0.2) is 53.6 Å². The minimum Gasteiger partial charge on any atom is -0.330 e. The van der Waals surface area contributed by atoms with Crippen molar-refractivity contribution in [2.45, 2.75) is 6.92 Å². The van der Waals surface area contributed by atoms with E-state index in [4.69, 9.17) is 0 Å². The maximum absolute atomic E-state index is 11.7. The molecule has 0 amide bonds. The van der Waals surface area contributed by atoms with E-state index in [0.717, 1.165) is 16.9 Å². The van der Waals surface area contributed by atoms with Crippen LogP contribution in [0.1, 0.15) is 5.69 Å². The number of nitrogens with zero attached hydrogens (tertiary/aromatic N) is 5. The molecule has 0 aliphatic rings. The van der Waals surface area contributed by atoms with Gasteiger partial charge >= 0.3 is 0 Å². The first kappa shape index (κ1) is 14.5. The number of aryl methyl sites for hydroxylation is 1. The summed E-state index contributed by atoms with van der Waals surface area (Å²) in [5.41, 5.74) is 2.52. The Balaban J connectivity index is 1.60. The van der Waals surface area contributed by atoms with Gasteiger partial charge in [-0.2, -0.15) is 4.52 Å². The summed E-state index contributed by atoms with van der Waals surface area (Å²) < 4.78 is 1.28. The van der Waals surface area contributed by atoms with Gasteiger partial charge < -0.3 is 5.32 Å². The summed E-state index contributed by atoms with van der Waals surface area (Å²) in [7, 11) is 0. The predicted octanol–water partition coefficient (Wildman–Crippen LogP) is 2.66. The number of benzene rings is 1. The highest BCUT2D eigenvalue weighted by atomic mass is 32.1. The third-order valence-corrected chi connectivity index (χ3v) is 4.20. The van der Waals surface area contributed by atoms with Gasteiger partial charge in [0, 0.05) is 35.4 Å². The van der Waals surface area contributed by atoms with Crippen LogP contribution in [0.4, 0.5) is 10.8 Å². The molecule has 0 radical (unpaired) electrons. The van der Waals surface area contributed by atoms with E-state index in [9.17, 15) is 4.79 Å². The molecule has 0 saturated carbocycles. The molecule has 0 aliphatic carbocycles. The van der Waals surface area contributed by atoms with Crippen molar-refractivity contribution in [3.05, 3.63) is 64.8 Å². The number of fused-ring (bicyclic) bond motifs is 1. The van der Waals surface area contributed by atoms with Gasteiger partial charge in [0.15, 0.2) is 5.82 Å². The molecule has 0 bridgehead atoms. The van der Waals surface area contributed by atoms with Crippen LogP contribution in [-0.2, 0) is 0 Å². The van der Waals surface area contributed by atoms with Crippen molar-refractivity contribution in [2.24, 2.45) is 0 Å². The molecule has 4 aromatic rings. The lowest BCUT2D eigenvalue weighted by molar-refractivity contribution is 0.903. The summed E-state index contributed by atoms with van der Waals surface area (Å²) in [4.78, 5) is 25.1. The molecule has 7 nitrogen and oxygen atoms in total. The summed E-state index contributed by atoms with van der Waals surface area (Å²) in [6.45, 7) is 1.93. The van der Waals surface area contributed by atoms with Crippen molar-refractivity contribution in [3.63, 3.8) is 0 Å². The monoisotopic (exact) mass is 336 g/mol. The standard InChI is InChI=1S/C16H12N6OS/c1-10-6-8-17-14(19-10)11-2-4-12(5-3-11)20-15-21-22-13(23)7-9-18-16(22)24-15/h2-9H,1H3,(H,20,21). The maximum Gasteiger partial charge on any atom is 0.275 e. The van der Waals surface area contributed by atoms with Crippen molar-refractivity contribution in [1.82, 2.24) is 24.6 Å². The lowest BCUT2D eigenvalue weighted by Gasteiger charge is -2.04. The summed E-state index contributed by atoms with van der Waals surface area (Å²) in [5, 5.41) is 8.00. The second kappa shape index (κ2) is 5.82. The van der Waals surface area contributed by atoms with Gasteiger partial charge in [0.2, 0.25) is 10.1 Å². The highest BCUT2D eigenvalue weighted by molar-refractivity contribution is 7.20. The second-order valence-corrected chi connectivity index (χ2v) is 6.06. The van der Waals surface area contributed by atoms with Crippen LogP contribution in [0.2, 0.25) is 0 Å². The molecule has 4 rings (SSSR count). The lowest BCUT2D eigenvalue weighted by Crippen LogP contribution is -2.12. The molecule has 8 heteroatoms. The van der Waals surface area contributed by atoms with E-state index in [1.807, 2.05) is 37.3 Å². The van der Waals surface area contributed by atoms with Crippen LogP contribution in [0.3, 0.4) is 0 Å². The van der Waals surface area contributed by atoms with Crippen LogP contribution in [0.5, 0.6) is 0 Å². The fourth-order valence-corrected chi connectivity index (χ4v) is 3.00. The molecule has 0 unspecified atom stereocenters. The van der Waals surface area contributed by atoms with Gasteiger partial charge in [-0.1, -0.05) is 11.3 Å². The predicted molar refractivity (Wildman–Crippen MR) is 92.6 cm³/mol. The van der Waals surface area contributed by atoms with E-state index in [1.165, 1.54) is 28.1 Å². The Morgan fingerprint density at radius 2 is 1.83 bits per heavy atom. The smallest absolute Gasteiger partial charge is 0.275 e. The van der Waals surface area contributed by atoms with Gasteiger partial charge in [-0.3, -0.25) is 4.79 Å². The van der Waals surface area contributed by atoms with E-state index >= 15 is 0 Å². The van der Waals surface area contributed by atoms with E-state index < -0.39 is 0 Å². The number of nitrogens with one attached hydrogen (secondary N) is 1. The van der Waals surface area contributed by atoms with E-state index in [-0.39, 0.29) is 5.56 Å². The SMILES string of the molecule is Cc1ccnc(-c2ccc(Nc3nn4c(=O)ccnc4s3)cc2)n1. The third-order valence-electron chi connectivity index (χ3n) is 3.36. The lowest BCUT2D eigenvalue weighted by atomic mass is 10.2. The fraction of sp³-hybridized carbons (Fsp3) is 0.0625. The van der Waals surface area contributed by atoms with Gasteiger partial charge in [0.05, 0.1) is 0 Å². The van der Waals surface area contributed by atoms with Crippen LogP contribution >= 0.6 is 11.3 Å². The Morgan fingerprint density at radius 1 is 1.04 bits per heavy atom. The van der Waals surface area contributed by atoms with Crippen molar-refractivity contribution in [3.8, 4) is 11.4 Å². The Labute approximate surface area is 140 Å². The summed E-state index contributed by atoms with van der Waals surface area (Å²) >= 11 is 1.31. The molecule has 0 fully saturated rings. The van der Waals surface area contributed by atoms with Crippen LogP contribution in [-0.4, -0.2) is 24.6 Å². The largest absolute Gasteiger partial charge is 0.330 e. The van der Waals surface area contributed by atoms with Gasteiger partial charge in [0.25, 0.3) is 5.56 Å². The zero-order chi connectivity index (χ0) is 16.5. The van der Waals surface area contributed by atoms with Crippen molar-refractivity contribution < 1.29 is 0 Å². The molecule has 3 aromatic heterocycles. The minimum absolute atomic E-state index is 0.198. The first-order valence-corrected chi connectivity index (χ1v) is 8.03. The Morgan fingerprint density at radius 3 is 2.58 bits per heavy atom. The summed E-state index contributed by atoms with van der Waals surface area (Å²) in [6, 6.07) is 11.0. The highest BCUT2D eigenvalue weighted by Crippen LogP contribution is 2.23. The van der Waals surface area contributed by atoms with Crippen LogP contribution < -0.4 is 10.9 Å². The Hall–Kier alpha value is -3.13. The molecular formula is C16H12N6OS. The average Bonchev–Trinajstić information content (AvgIpc) is 2.99. The number of hydrogen-bond donors (Lipinski definition) is 1. The molecule has 3 heterocycles. The van der Waals surface area contributed by atoms with Crippen molar-refractivity contribution in [1.29, 1.82) is 0 Å².